The summed E-state index contributed by atoms with van der Waals surface area (Å²) >= 11 is 5.77. The van der Waals surface area contributed by atoms with Crippen LogP contribution in [-0.2, 0) is 5.41 Å². The summed E-state index contributed by atoms with van der Waals surface area (Å²) < 4.78 is 0. The van der Waals surface area contributed by atoms with Crippen LogP contribution in [0.25, 0.3) is 0 Å². The summed E-state index contributed by atoms with van der Waals surface area (Å²) in [5.74, 6) is 0. The van der Waals surface area contributed by atoms with E-state index in [4.69, 9.17) is 22.1 Å². The number of nitriles is 2. The lowest BCUT2D eigenvalue weighted by Gasteiger charge is -2.20. The summed E-state index contributed by atoms with van der Waals surface area (Å²) in [7, 11) is 0. The van der Waals surface area contributed by atoms with Crippen LogP contribution in [0.15, 0.2) is 24.3 Å². The van der Waals surface area contributed by atoms with Gasteiger partial charge < -0.3 is 0 Å². The fourth-order valence-electron chi connectivity index (χ4n) is 1.39. The Labute approximate surface area is 94.7 Å². The van der Waals surface area contributed by atoms with Crippen molar-refractivity contribution in [3.63, 3.8) is 0 Å². The summed E-state index contributed by atoms with van der Waals surface area (Å²) in [5, 5.41) is 18.3. The van der Waals surface area contributed by atoms with Gasteiger partial charge in [-0.15, -0.1) is 0 Å². The zero-order valence-electron chi connectivity index (χ0n) is 8.50. The Kier molecular flexibility index (Phi) is 3.72. The molecule has 76 valence electrons. The summed E-state index contributed by atoms with van der Waals surface area (Å²) in [4.78, 5) is 0. The van der Waals surface area contributed by atoms with Gasteiger partial charge in [0.2, 0.25) is 0 Å². The minimum Gasteiger partial charge on any atom is -0.198 e. The zero-order chi connectivity index (χ0) is 11.3. The average molecular weight is 219 g/mol. The molecule has 2 nitrogen and oxygen atoms in total. The van der Waals surface area contributed by atoms with Crippen LogP contribution in [0.4, 0.5) is 0 Å². The molecule has 0 aliphatic heterocycles. The van der Waals surface area contributed by atoms with Crippen LogP contribution >= 0.6 is 11.6 Å². The second-order valence-corrected chi connectivity index (χ2v) is 4.05. The van der Waals surface area contributed by atoms with Crippen molar-refractivity contribution in [2.24, 2.45) is 0 Å². The summed E-state index contributed by atoms with van der Waals surface area (Å²) in [5.41, 5.74) is 0.310. The molecule has 1 aromatic carbocycles. The predicted octanol–water partition coefficient (Wildman–Crippen LogP) is 3.43. The molecule has 0 saturated heterocycles. The molecule has 0 amide bonds. The molecule has 0 heterocycles. The molecular weight excluding hydrogens is 208 g/mol. The van der Waals surface area contributed by atoms with Crippen molar-refractivity contribution in [1.29, 1.82) is 10.5 Å². The van der Waals surface area contributed by atoms with Gasteiger partial charge in [-0.05, 0) is 31.0 Å². The Balaban J connectivity index is 2.97. The van der Waals surface area contributed by atoms with Gasteiger partial charge in [-0.25, -0.2) is 0 Å². The molecule has 1 unspecified atom stereocenters. The van der Waals surface area contributed by atoms with Gasteiger partial charge in [0.05, 0.1) is 17.6 Å². The van der Waals surface area contributed by atoms with Crippen LogP contribution in [0.1, 0.15) is 25.3 Å². The van der Waals surface area contributed by atoms with Crippen molar-refractivity contribution in [1.82, 2.24) is 0 Å². The third kappa shape index (κ3) is 2.72. The predicted molar refractivity (Wildman–Crippen MR) is 59.3 cm³/mol. The van der Waals surface area contributed by atoms with E-state index in [1.807, 2.05) is 19.1 Å². The number of benzene rings is 1. The van der Waals surface area contributed by atoms with Gasteiger partial charge in [0.1, 0.15) is 0 Å². The molecule has 1 aromatic rings. The fraction of sp³-hybridized carbons (Fsp3) is 0.333. The lowest BCUT2D eigenvalue weighted by atomic mass is 9.80. The third-order valence-corrected chi connectivity index (χ3v) is 2.72. The van der Waals surface area contributed by atoms with Crippen molar-refractivity contribution in [3.8, 4) is 12.1 Å². The maximum Gasteiger partial charge on any atom is 0.0804 e. The van der Waals surface area contributed by atoms with E-state index < -0.39 is 5.41 Å². The molecule has 0 N–H and O–H groups in total. The van der Waals surface area contributed by atoms with E-state index in [2.05, 4.69) is 12.1 Å². The van der Waals surface area contributed by atoms with E-state index >= 15 is 0 Å². The second-order valence-electron chi connectivity index (χ2n) is 3.61. The molecule has 1 atom stereocenters. The average Bonchev–Trinajstić information content (AvgIpc) is 2.27. The van der Waals surface area contributed by atoms with Crippen molar-refractivity contribution in [3.05, 3.63) is 34.9 Å². The molecule has 3 heteroatoms. The monoisotopic (exact) mass is 218 g/mol. The van der Waals surface area contributed by atoms with Crippen LogP contribution < -0.4 is 0 Å². The van der Waals surface area contributed by atoms with Gasteiger partial charge >= 0.3 is 0 Å². The first kappa shape index (κ1) is 11.6. The lowest BCUT2D eigenvalue weighted by molar-refractivity contribution is 0.562. The van der Waals surface area contributed by atoms with Gasteiger partial charge in [-0.3, -0.25) is 0 Å². The highest BCUT2D eigenvalue weighted by Gasteiger charge is 2.25. The highest BCUT2D eigenvalue weighted by Crippen LogP contribution is 2.28. The smallest absolute Gasteiger partial charge is 0.0804 e. The van der Waals surface area contributed by atoms with Crippen LogP contribution in [0.2, 0.25) is 5.02 Å². The van der Waals surface area contributed by atoms with Crippen LogP contribution in [0.3, 0.4) is 0 Å². The third-order valence-electron chi connectivity index (χ3n) is 2.46. The number of hydrogen-bond donors (Lipinski definition) is 0. The maximum absolute atomic E-state index is 9.14. The van der Waals surface area contributed by atoms with Gasteiger partial charge in [-0.1, -0.05) is 23.7 Å². The maximum atomic E-state index is 9.14. The van der Waals surface area contributed by atoms with Crippen molar-refractivity contribution < 1.29 is 0 Å². The highest BCUT2D eigenvalue weighted by molar-refractivity contribution is 6.30. The summed E-state index contributed by atoms with van der Waals surface area (Å²) in [6, 6.07) is 11.5. The molecular formula is C12H11ClN2. The first-order valence-corrected chi connectivity index (χ1v) is 5.04. The standard InChI is InChI=1S/C12H11ClN2/c1-12(9-15,7-2-8-14)10-3-5-11(13)6-4-10/h3-6H,2,7H2,1H3. The summed E-state index contributed by atoms with van der Waals surface area (Å²) in [6.07, 6.45) is 0.925. The molecule has 1 rings (SSSR count). The Morgan fingerprint density at radius 3 is 2.33 bits per heavy atom. The van der Waals surface area contributed by atoms with E-state index in [9.17, 15) is 0 Å². The van der Waals surface area contributed by atoms with Gasteiger partial charge in [0.25, 0.3) is 0 Å². The van der Waals surface area contributed by atoms with Gasteiger partial charge in [-0.2, -0.15) is 10.5 Å². The normalized spacial score (nSPS) is 13.6. The Bertz CT molecular complexity index is 411. The quantitative estimate of drug-likeness (QED) is 0.781. The van der Waals surface area contributed by atoms with E-state index in [-0.39, 0.29) is 0 Å². The molecule has 0 spiro atoms. The fourth-order valence-corrected chi connectivity index (χ4v) is 1.51. The van der Waals surface area contributed by atoms with Crippen LogP contribution in [-0.4, -0.2) is 0 Å². The number of rotatable bonds is 3. The van der Waals surface area contributed by atoms with Gasteiger partial charge in [0, 0.05) is 11.4 Å². The van der Waals surface area contributed by atoms with Crippen LogP contribution in [0, 0.1) is 22.7 Å². The molecule has 0 aliphatic rings. The molecule has 0 bridgehead atoms. The zero-order valence-corrected chi connectivity index (χ0v) is 9.25. The van der Waals surface area contributed by atoms with E-state index in [1.54, 1.807) is 12.1 Å². The molecule has 0 fully saturated rings. The first-order chi connectivity index (χ1) is 7.12. The van der Waals surface area contributed by atoms with Crippen LogP contribution in [0.5, 0.6) is 0 Å². The second kappa shape index (κ2) is 4.82. The van der Waals surface area contributed by atoms with E-state index in [0.717, 1.165) is 5.56 Å². The van der Waals surface area contributed by atoms with Crippen molar-refractivity contribution in [2.75, 3.05) is 0 Å². The molecule has 0 aromatic heterocycles. The Morgan fingerprint density at radius 2 is 1.87 bits per heavy atom. The largest absolute Gasteiger partial charge is 0.198 e. The summed E-state index contributed by atoms with van der Waals surface area (Å²) in [6.45, 7) is 1.84. The highest BCUT2D eigenvalue weighted by atomic mass is 35.5. The number of halogens is 1. The topological polar surface area (TPSA) is 47.6 Å². The number of nitrogens with zero attached hydrogens (tertiary/aromatic N) is 2. The van der Waals surface area contributed by atoms with Gasteiger partial charge in [0.15, 0.2) is 0 Å². The lowest BCUT2D eigenvalue weighted by Crippen LogP contribution is -2.18. The molecule has 15 heavy (non-hydrogen) atoms. The number of hydrogen-bond acceptors (Lipinski definition) is 2. The minimum absolute atomic E-state index is 0.382. The Morgan fingerprint density at radius 1 is 1.27 bits per heavy atom. The minimum atomic E-state index is -0.597. The molecule has 0 radical (unpaired) electrons. The SMILES string of the molecule is CC(C#N)(CCC#N)c1ccc(Cl)cc1. The Hall–Kier alpha value is -1.51. The van der Waals surface area contributed by atoms with E-state index in [1.165, 1.54) is 0 Å². The van der Waals surface area contributed by atoms with Crippen molar-refractivity contribution >= 4 is 11.6 Å². The first-order valence-electron chi connectivity index (χ1n) is 4.66. The molecule has 0 aliphatic carbocycles. The molecule has 0 saturated carbocycles. The van der Waals surface area contributed by atoms with Crippen molar-refractivity contribution in [2.45, 2.75) is 25.2 Å². The van der Waals surface area contributed by atoms with E-state index in [0.29, 0.717) is 17.9 Å².